The van der Waals surface area contributed by atoms with E-state index in [2.05, 4.69) is 11.9 Å². The topological polar surface area (TPSA) is 65.2 Å². The second-order valence-electron chi connectivity index (χ2n) is 6.11. The number of nitrogens with two attached hydrogens (primary N) is 1. The number of aromatic nitrogens is 1. The van der Waals surface area contributed by atoms with Crippen LogP contribution < -0.4 is 10.5 Å². The zero-order chi connectivity index (χ0) is 16.4. The van der Waals surface area contributed by atoms with Gasteiger partial charge < -0.3 is 10.5 Å². The highest BCUT2D eigenvalue weighted by Gasteiger charge is 2.21. The molecule has 1 aromatic heterocycles. The molecular formula is C18H22N2O2S. The molecule has 0 amide bonds. The van der Waals surface area contributed by atoms with Crippen molar-refractivity contribution in [2.24, 2.45) is 5.92 Å². The van der Waals surface area contributed by atoms with E-state index in [0.29, 0.717) is 30.0 Å². The van der Waals surface area contributed by atoms with E-state index in [1.165, 1.54) is 17.0 Å². The zero-order valence-corrected chi connectivity index (χ0v) is 14.4. The van der Waals surface area contributed by atoms with Crippen LogP contribution in [0.5, 0.6) is 5.75 Å². The SMILES string of the molecule is CCOc1ccc(C(=O)Cc2nc3c(s2)CC(C)CC3)cc1N. The van der Waals surface area contributed by atoms with E-state index in [-0.39, 0.29) is 5.78 Å². The van der Waals surface area contributed by atoms with Crippen LogP contribution in [-0.2, 0) is 19.3 Å². The Bertz CT molecular complexity index is 724. The Balaban J connectivity index is 1.73. The summed E-state index contributed by atoms with van der Waals surface area (Å²) in [7, 11) is 0. The molecule has 1 aromatic carbocycles. The van der Waals surface area contributed by atoms with Crippen molar-refractivity contribution in [1.29, 1.82) is 0 Å². The second kappa shape index (κ2) is 6.71. The average Bonchev–Trinajstić information content (AvgIpc) is 2.90. The lowest BCUT2D eigenvalue weighted by atomic mass is 9.93. The van der Waals surface area contributed by atoms with E-state index in [1.807, 2.05) is 6.92 Å². The molecule has 1 atom stereocenters. The van der Waals surface area contributed by atoms with Gasteiger partial charge in [0.05, 0.1) is 24.4 Å². The van der Waals surface area contributed by atoms with Crippen molar-refractivity contribution in [3.63, 3.8) is 0 Å². The first-order chi connectivity index (χ1) is 11.1. The first-order valence-corrected chi connectivity index (χ1v) is 8.91. The number of thiazole rings is 1. The van der Waals surface area contributed by atoms with Crippen molar-refractivity contribution in [3.8, 4) is 5.75 Å². The van der Waals surface area contributed by atoms with Gasteiger partial charge in [0.25, 0.3) is 0 Å². The highest BCUT2D eigenvalue weighted by molar-refractivity contribution is 7.11. The molecule has 2 aromatic rings. The summed E-state index contributed by atoms with van der Waals surface area (Å²) in [5.74, 6) is 1.40. The van der Waals surface area contributed by atoms with E-state index >= 15 is 0 Å². The fourth-order valence-corrected chi connectivity index (χ4v) is 4.19. The van der Waals surface area contributed by atoms with Gasteiger partial charge in [0, 0.05) is 10.4 Å². The number of ketones is 1. The predicted molar refractivity (Wildman–Crippen MR) is 93.4 cm³/mol. The number of ether oxygens (including phenoxy) is 1. The summed E-state index contributed by atoms with van der Waals surface area (Å²) in [5.41, 5.74) is 8.26. The lowest BCUT2D eigenvalue weighted by Crippen LogP contribution is -2.09. The number of rotatable bonds is 5. The van der Waals surface area contributed by atoms with Gasteiger partial charge in [-0.15, -0.1) is 11.3 Å². The first kappa shape index (κ1) is 16.0. The van der Waals surface area contributed by atoms with Crippen LogP contribution in [0.2, 0.25) is 0 Å². The molecule has 0 bridgehead atoms. The smallest absolute Gasteiger partial charge is 0.169 e. The van der Waals surface area contributed by atoms with Crippen molar-refractivity contribution < 1.29 is 9.53 Å². The summed E-state index contributed by atoms with van der Waals surface area (Å²) >= 11 is 1.69. The number of hydrogen-bond acceptors (Lipinski definition) is 5. The summed E-state index contributed by atoms with van der Waals surface area (Å²) in [5, 5.41) is 0.918. The number of carbonyl (C=O) groups excluding carboxylic acids is 1. The molecule has 23 heavy (non-hydrogen) atoms. The second-order valence-corrected chi connectivity index (χ2v) is 7.28. The van der Waals surface area contributed by atoms with Gasteiger partial charge in [-0.1, -0.05) is 6.92 Å². The summed E-state index contributed by atoms with van der Waals surface area (Å²) in [6.45, 7) is 4.74. The number of anilines is 1. The molecule has 3 rings (SSSR count). The van der Waals surface area contributed by atoms with E-state index in [9.17, 15) is 4.79 Å². The molecule has 4 nitrogen and oxygen atoms in total. The van der Waals surface area contributed by atoms with E-state index in [0.717, 1.165) is 23.8 Å². The number of nitrogens with zero attached hydrogens (tertiary/aromatic N) is 1. The van der Waals surface area contributed by atoms with Gasteiger partial charge >= 0.3 is 0 Å². The normalized spacial score (nSPS) is 16.9. The number of aryl methyl sites for hydroxylation is 1. The fraction of sp³-hybridized carbons (Fsp3) is 0.444. The quantitative estimate of drug-likeness (QED) is 0.671. The third-order valence-corrected chi connectivity index (χ3v) is 5.29. The standard InChI is InChI=1S/C18H22N2O2S/c1-3-22-16-7-5-12(9-13(16)19)15(21)10-18-20-14-6-4-11(2)8-17(14)23-18/h5,7,9,11H,3-4,6,8,10,19H2,1-2H3. The van der Waals surface area contributed by atoms with E-state index < -0.39 is 0 Å². The Hall–Kier alpha value is -1.88. The van der Waals surface area contributed by atoms with E-state index in [1.54, 1.807) is 29.5 Å². The van der Waals surface area contributed by atoms with Crippen LogP contribution in [0.25, 0.3) is 0 Å². The molecule has 122 valence electrons. The molecule has 5 heteroatoms. The molecule has 0 saturated heterocycles. The van der Waals surface area contributed by atoms with E-state index in [4.69, 9.17) is 10.5 Å². The Labute approximate surface area is 140 Å². The summed E-state index contributed by atoms with van der Waals surface area (Å²) in [6.07, 6.45) is 3.67. The maximum absolute atomic E-state index is 12.5. The van der Waals surface area contributed by atoms with Gasteiger partial charge in [-0.25, -0.2) is 4.98 Å². The van der Waals surface area contributed by atoms with Crippen LogP contribution in [0.15, 0.2) is 18.2 Å². The Morgan fingerprint density at radius 1 is 1.48 bits per heavy atom. The molecule has 0 spiro atoms. The van der Waals surface area contributed by atoms with Gasteiger partial charge in [-0.3, -0.25) is 4.79 Å². The fourth-order valence-electron chi connectivity index (χ4n) is 2.92. The van der Waals surface area contributed by atoms with Gasteiger partial charge in [0.15, 0.2) is 5.78 Å². The Morgan fingerprint density at radius 2 is 2.30 bits per heavy atom. The number of fused-ring (bicyclic) bond motifs is 1. The van der Waals surface area contributed by atoms with Crippen molar-refractivity contribution in [3.05, 3.63) is 39.3 Å². The molecule has 1 aliphatic rings. The molecule has 1 unspecified atom stereocenters. The highest BCUT2D eigenvalue weighted by atomic mass is 32.1. The van der Waals surface area contributed by atoms with Crippen LogP contribution in [-0.4, -0.2) is 17.4 Å². The molecule has 0 aliphatic heterocycles. The lowest BCUT2D eigenvalue weighted by molar-refractivity contribution is 0.0993. The number of Topliss-reactive ketones (excluding diaryl/α,β-unsaturated/α-hetero) is 1. The molecule has 1 aliphatic carbocycles. The average molecular weight is 330 g/mol. The highest BCUT2D eigenvalue weighted by Crippen LogP contribution is 2.30. The van der Waals surface area contributed by atoms with Crippen LogP contribution in [0.4, 0.5) is 5.69 Å². The van der Waals surface area contributed by atoms with Gasteiger partial charge in [-0.05, 0) is 50.3 Å². The molecule has 0 fully saturated rings. The summed E-state index contributed by atoms with van der Waals surface area (Å²) in [4.78, 5) is 18.5. The van der Waals surface area contributed by atoms with Crippen LogP contribution in [0, 0.1) is 5.92 Å². The number of hydrogen-bond donors (Lipinski definition) is 1. The number of carbonyl (C=O) groups is 1. The van der Waals surface area contributed by atoms with Crippen LogP contribution in [0.3, 0.4) is 0 Å². The van der Waals surface area contributed by atoms with Crippen LogP contribution >= 0.6 is 11.3 Å². The first-order valence-electron chi connectivity index (χ1n) is 8.09. The third-order valence-electron chi connectivity index (χ3n) is 4.17. The molecule has 2 N–H and O–H groups in total. The number of nitrogen functional groups attached to an aromatic ring is 1. The minimum atomic E-state index is 0.0545. The lowest BCUT2D eigenvalue weighted by Gasteiger charge is -2.15. The largest absolute Gasteiger partial charge is 0.492 e. The van der Waals surface area contributed by atoms with Gasteiger partial charge in [0.1, 0.15) is 10.8 Å². The monoisotopic (exact) mass is 330 g/mol. The molecule has 1 heterocycles. The zero-order valence-electron chi connectivity index (χ0n) is 13.6. The predicted octanol–water partition coefficient (Wildman–Crippen LogP) is 3.67. The third kappa shape index (κ3) is 3.55. The van der Waals surface area contributed by atoms with Crippen molar-refractivity contribution in [1.82, 2.24) is 4.98 Å². The molecule has 0 radical (unpaired) electrons. The Kier molecular flexibility index (Phi) is 4.66. The van der Waals surface area contributed by atoms with Crippen molar-refractivity contribution in [2.75, 3.05) is 12.3 Å². The van der Waals surface area contributed by atoms with Gasteiger partial charge in [0.2, 0.25) is 0 Å². The van der Waals surface area contributed by atoms with Crippen LogP contribution in [0.1, 0.15) is 46.2 Å². The Morgan fingerprint density at radius 3 is 3.04 bits per heavy atom. The molecular weight excluding hydrogens is 308 g/mol. The van der Waals surface area contributed by atoms with Crippen molar-refractivity contribution in [2.45, 2.75) is 39.5 Å². The summed E-state index contributed by atoms with van der Waals surface area (Å²) in [6, 6.07) is 5.24. The van der Waals surface area contributed by atoms with Crippen molar-refractivity contribution >= 4 is 22.8 Å². The molecule has 0 saturated carbocycles. The minimum absolute atomic E-state index is 0.0545. The van der Waals surface area contributed by atoms with Gasteiger partial charge in [-0.2, -0.15) is 0 Å². The minimum Gasteiger partial charge on any atom is -0.492 e. The maximum Gasteiger partial charge on any atom is 0.169 e. The number of benzene rings is 1. The summed E-state index contributed by atoms with van der Waals surface area (Å²) < 4.78 is 5.41. The maximum atomic E-state index is 12.5.